The first kappa shape index (κ1) is 12.8. The Morgan fingerprint density at radius 3 is 1.93 bits per heavy atom. The first-order valence-corrected chi connectivity index (χ1v) is 3.89. The number of ether oxygens (including phenoxy) is 1. The molecule has 0 bridgehead atoms. The number of aromatic hydroxyl groups is 1. The van der Waals surface area contributed by atoms with Gasteiger partial charge >= 0.3 is 12.0 Å². The first-order valence-electron chi connectivity index (χ1n) is 3.89. The van der Waals surface area contributed by atoms with E-state index < -0.39 is 12.0 Å². The molecule has 0 aliphatic rings. The minimum atomic E-state index is -0.833. The molecule has 0 radical (unpaired) electrons. The number of phenolic OH excluding ortho intramolecular Hbond substituents is 1. The Labute approximate surface area is 86.4 Å². The predicted octanol–water partition coefficient (Wildman–Crippen LogP) is 0.203. The monoisotopic (exact) mass is 212 g/mol. The van der Waals surface area contributed by atoms with Gasteiger partial charge in [0.15, 0.2) is 0 Å². The molecule has 0 unspecified atom stereocenters. The molecule has 5 N–H and O–H groups in total. The molecule has 0 aromatic heterocycles. The van der Waals surface area contributed by atoms with Crippen LogP contribution in [0.25, 0.3) is 0 Å². The van der Waals surface area contributed by atoms with Crippen LogP contribution in [0, 0.1) is 0 Å². The van der Waals surface area contributed by atoms with Crippen LogP contribution in [0.1, 0.15) is 10.4 Å². The molecule has 1 aromatic rings. The highest BCUT2D eigenvalue weighted by Crippen LogP contribution is 2.09. The largest absolute Gasteiger partial charge is 0.508 e. The number of benzene rings is 1. The third kappa shape index (κ3) is 5.92. The third-order valence-corrected chi connectivity index (χ3v) is 1.29. The summed E-state index contributed by atoms with van der Waals surface area (Å²) in [5, 5.41) is 8.86. The molecule has 0 aliphatic carbocycles. The van der Waals surface area contributed by atoms with Gasteiger partial charge in [0, 0.05) is 0 Å². The standard InChI is InChI=1S/C8H8O3.CH4N2O/c1-11-8(10)6-2-4-7(9)5-3-6;2-1(3)4/h2-5,9H,1H3;(H4,2,3,4). The van der Waals surface area contributed by atoms with Crippen molar-refractivity contribution >= 4 is 12.0 Å². The Morgan fingerprint density at radius 2 is 1.60 bits per heavy atom. The van der Waals surface area contributed by atoms with Crippen molar-refractivity contribution in [3.63, 3.8) is 0 Å². The number of methoxy groups -OCH3 is 1. The molecule has 6 nitrogen and oxygen atoms in total. The highest BCUT2D eigenvalue weighted by Gasteiger charge is 2.02. The van der Waals surface area contributed by atoms with Gasteiger partial charge in [-0.2, -0.15) is 0 Å². The first-order chi connectivity index (χ1) is 6.97. The van der Waals surface area contributed by atoms with Crippen molar-refractivity contribution in [2.75, 3.05) is 7.11 Å². The summed E-state index contributed by atoms with van der Waals surface area (Å²) in [6.07, 6.45) is 0. The second kappa shape index (κ2) is 6.25. The molecule has 2 amide bonds. The Hall–Kier alpha value is -2.24. The van der Waals surface area contributed by atoms with Gasteiger partial charge in [-0.1, -0.05) is 0 Å². The van der Waals surface area contributed by atoms with Gasteiger partial charge in [-0.25, -0.2) is 9.59 Å². The topological polar surface area (TPSA) is 116 Å². The average Bonchev–Trinajstić information content (AvgIpc) is 2.17. The molecular weight excluding hydrogens is 200 g/mol. The second-order valence-corrected chi connectivity index (χ2v) is 2.44. The molecule has 0 saturated carbocycles. The molecule has 6 heteroatoms. The highest BCUT2D eigenvalue weighted by molar-refractivity contribution is 5.89. The van der Waals surface area contributed by atoms with Crippen molar-refractivity contribution < 1.29 is 19.4 Å². The molecule has 0 saturated heterocycles. The van der Waals surface area contributed by atoms with Gasteiger partial charge in [0.2, 0.25) is 0 Å². The number of carbonyl (C=O) groups excluding carboxylic acids is 2. The molecule has 0 aliphatic heterocycles. The fourth-order valence-electron chi connectivity index (χ4n) is 0.715. The third-order valence-electron chi connectivity index (χ3n) is 1.29. The lowest BCUT2D eigenvalue weighted by molar-refractivity contribution is 0.0600. The molecule has 15 heavy (non-hydrogen) atoms. The van der Waals surface area contributed by atoms with E-state index in [0.29, 0.717) is 5.56 Å². The van der Waals surface area contributed by atoms with Gasteiger partial charge in [0.05, 0.1) is 12.7 Å². The summed E-state index contributed by atoms with van der Waals surface area (Å²) in [7, 11) is 1.31. The van der Waals surface area contributed by atoms with Gasteiger partial charge in [0.25, 0.3) is 0 Å². The molecule has 0 atom stereocenters. The van der Waals surface area contributed by atoms with E-state index in [2.05, 4.69) is 16.2 Å². The number of urea groups is 1. The van der Waals surface area contributed by atoms with Gasteiger partial charge in [-0.3, -0.25) is 0 Å². The maximum absolute atomic E-state index is 10.8. The minimum Gasteiger partial charge on any atom is -0.508 e. The molecule has 1 aromatic carbocycles. The quantitative estimate of drug-likeness (QED) is 0.576. The van der Waals surface area contributed by atoms with Crippen LogP contribution < -0.4 is 11.5 Å². The van der Waals surface area contributed by atoms with E-state index in [1.54, 1.807) is 0 Å². The lowest BCUT2D eigenvalue weighted by Gasteiger charge is -1.97. The number of carbonyl (C=O) groups is 2. The van der Waals surface area contributed by atoms with E-state index in [4.69, 9.17) is 9.90 Å². The molecule has 0 spiro atoms. The van der Waals surface area contributed by atoms with Crippen LogP contribution in [-0.4, -0.2) is 24.2 Å². The van der Waals surface area contributed by atoms with Crippen LogP contribution in [0.4, 0.5) is 4.79 Å². The van der Waals surface area contributed by atoms with Crippen LogP contribution in [0.2, 0.25) is 0 Å². The molecular formula is C9H12N2O4. The normalized spacial score (nSPS) is 8.33. The lowest BCUT2D eigenvalue weighted by Crippen LogP contribution is -2.18. The number of hydrogen-bond acceptors (Lipinski definition) is 4. The molecule has 0 fully saturated rings. The minimum absolute atomic E-state index is 0.137. The number of esters is 1. The fourth-order valence-corrected chi connectivity index (χ4v) is 0.715. The van der Waals surface area contributed by atoms with Crippen molar-refractivity contribution in [2.45, 2.75) is 0 Å². The fraction of sp³-hybridized carbons (Fsp3) is 0.111. The maximum atomic E-state index is 10.8. The Bertz CT molecular complexity index is 330. The van der Waals surface area contributed by atoms with Crippen molar-refractivity contribution in [3.8, 4) is 5.75 Å². The molecule has 0 heterocycles. The van der Waals surface area contributed by atoms with E-state index in [-0.39, 0.29) is 5.75 Å². The summed E-state index contributed by atoms with van der Waals surface area (Å²) in [6.45, 7) is 0. The van der Waals surface area contributed by atoms with E-state index in [1.807, 2.05) is 0 Å². The van der Waals surface area contributed by atoms with Crippen LogP contribution in [0.5, 0.6) is 5.75 Å². The van der Waals surface area contributed by atoms with Gasteiger partial charge < -0.3 is 21.3 Å². The predicted molar refractivity (Wildman–Crippen MR) is 53.2 cm³/mol. The van der Waals surface area contributed by atoms with Gasteiger partial charge in [-0.15, -0.1) is 0 Å². The zero-order chi connectivity index (χ0) is 11.8. The van der Waals surface area contributed by atoms with Crippen LogP contribution in [0.3, 0.4) is 0 Å². The summed E-state index contributed by atoms with van der Waals surface area (Å²) in [4.78, 5) is 19.8. The molecule has 82 valence electrons. The summed E-state index contributed by atoms with van der Waals surface area (Å²) in [6, 6.07) is 5.04. The van der Waals surface area contributed by atoms with Crippen molar-refractivity contribution in [1.82, 2.24) is 0 Å². The zero-order valence-electron chi connectivity index (χ0n) is 8.14. The summed E-state index contributed by atoms with van der Waals surface area (Å²) in [5.41, 5.74) is 8.94. The molecule has 1 rings (SSSR count). The zero-order valence-corrected chi connectivity index (χ0v) is 8.14. The lowest BCUT2D eigenvalue weighted by atomic mass is 10.2. The summed E-state index contributed by atoms with van der Waals surface area (Å²) < 4.78 is 4.46. The van der Waals surface area contributed by atoms with Crippen LogP contribution in [0.15, 0.2) is 24.3 Å². The Kier molecular flexibility index (Phi) is 5.32. The van der Waals surface area contributed by atoms with E-state index in [0.717, 1.165) is 0 Å². The maximum Gasteiger partial charge on any atom is 0.337 e. The highest BCUT2D eigenvalue weighted by atomic mass is 16.5. The SMILES string of the molecule is COC(=O)c1ccc(O)cc1.NC(N)=O. The second-order valence-electron chi connectivity index (χ2n) is 2.44. The van der Waals surface area contributed by atoms with Crippen molar-refractivity contribution in [2.24, 2.45) is 11.5 Å². The average molecular weight is 212 g/mol. The number of rotatable bonds is 1. The summed E-state index contributed by atoms with van der Waals surface area (Å²) in [5.74, 6) is -0.261. The summed E-state index contributed by atoms with van der Waals surface area (Å²) >= 11 is 0. The number of nitrogens with two attached hydrogens (primary N) is 2. The number of primary amides is 2. The van der Waals surface area contributed by atoms with Gasteiger partial charge in [0.1, 0.15) is 5.75 Å². The number of hydrogen-bond donors (Lipinski definition) is 3. The van der Waals surface area contributed by atoms with E-state index >= 15 is 0 Å². The number of phenols is 1. The number of amides is 2. The van der Waals surface area contributed by atoms with Crippen LogP contribution >= 0.6 is 0 Å². The van der Waals surface area contributed by atoms with Gasteiger partial charge in [-0.05, 0) is 24.3 Å². The Balaban J connectivity index is 0.000000423. The Morgan fingerprint density at radius 1 is 1.20 bits per heavy atom. The van der Waals surface area contributed by atoms with E-state index in [9.17, 15) is 4.79 Å². The van der Waals surface area contributed by atoms with Crippen LogP contribution in [-0.2, 0) is 4.74 Å². The smallest absolute Gasteiger partial charge is 0.337 e. The van der Waals surface area contributed by atoms with Crippen molar-refractivity contribution in [3.05, 3.63) is 29.8 Å². The van der Waals surface area contributed by atoms with Crippen molar-refractivity contribution in [1.29, 1.82) is 0 Å². The van der Waals surface area contributed by atoms with E-state index in [1.165, 1.54) is 31.4 Å².